The van der Waals surface area contributed by atoms with Crippen molar-refractivity contribution in [3.8, 4) is 11.1 Å². The van der Waals surface area contributed by atoms with E-state index < -0.39 is 35.6 Å². The van der Waals surface area contributed by atoms with Gasteiger partial charge in [-0.1, -0.05) is 48.5 Å². The molecule has 3 rings (SSSR count). The summed E-state index contributed by atoms with van der Waals surface area (Å²) in [5.41, 5.74) is 3.52. The number of rotatable bonds is 6. The van der Waals surface area contributed by atoms with Gasteiger partial charge in [-0.25, -0.2) is 9.59 Å². The molecule has 0 saturated heterocycles. The number of benzene rings is 2. The van der Waals surface area contributed by atoms with Gasteiger partial charge in [0.15, 0.2) is 0 Å². The molecule has 0 aromatic heterocycles. The number of aliphatic carboxylic acids is 1. The summed E-state index contributed by atoms with van der Waals surface area (Å²) in [6.45, 7) is 6.51. The van der Waals surface area contributed by atoms with Crippen molar-refractivity contribution in [2.45, 2.75) is 45.3 Å². The van der Waals surface area contributed by atoms with E-state index in [0.717, 1.165) is 22.3 Å². The molecule has 164 valence electrons. The lowest BCUT2D eigenvalue weighted by Crippen LogP contribution is -2.49. The lowest BCUT2D eigenvalue weighted by atomic mass is 9.98. The number of carboxylic acid groups (broad SMARTS) is 1. The van der Waals surface area contributed by atoms with Gasteiger partial charge in [-0.05, 0) is 49.9 Å². The second kappa shape index (κ2) is 8.79. The number of ether oxygens (including phenoxy) is 2. The molecule has 2 aromatic carbocycles. The van der Waals surface area contributed by atoms with Gasteiger partial charge < -0.3 is 19.9 Å². The van der Waals surface area contributed by atoms with E-state index in [1.807, 2.05) is 48.5 Å². The van der Waals surface area contributed by atoms with Gasteiger partial charge in [0, 0.05) is 5.92 Å². The molecule has 2 aromatic rings. The number of carbonyl (C=O) groups excluding carboxylic acids is 2. The topological polar surface area (TPSA) is 102 Å². The Kier molecular flexibility index (Phi) is 6.34. The highest BCUT2D eigenvalue weighted by Gasteiger charge is 2.35. The van der Waals surface area contributed by atoms with Crippen molar-refractivity contribution in [3.63, 3.8) is 0 Å². The molecule has 31 heavy (non-hydrogen) atoms. The number of carbonyl (C=O) groups is 3. The molecule has 0 heterocycles. The number of alkyl carbamates (subject to hydrolysis) is 1. The van der Waals surface area contributed by atoms with Crippen LogP contribution in [0.25, 0.3) is 11.1 Å². The molecular formula is C24H27NO6. The smallest absolute Gasteiger partial charge is 0.407 e. The predicted octanol–water partition coefficient (Wildman–Crippen LogP) is 3.96. The summed E-state index contributed by atoms with van der Waals surface area (Å²) in [5, 5.41) is 11.8. The summed E-state index contributed by atoms with van der Waals surface area (Å²) >= 11 is 0. The van der Waals surface area contributed by atoms with Crippen molar-refractivity contribution < 1.29 is 29.0 Å². The lowest BCUT2D eigenvalue weighted by Gasteiger charge is -2.25. The average Bonchev–Trinajstić information content (AvgIpc) is 3.02. The van der Waals surface area contributed by atoms with Crippen LogP contribution in [0.1, 0.15) is 44.7 Å². The molecule has 2 N–H and O–H groups in total. The normalized spacial score (nSPS) is 14.7. The highest BCUT2D eigenvalue weighted by atomic mass is 16.6. The molecule has 0 fully saturated rings. The molecule has 0 radical (unpaired) electrons. The quantitative estimate of drug-likeness (QED) is 0.680. The third kappa shape index (κ3) is 5.05. The van der Waals surface area contributed by atoms with Crippen molar-refractivity contribution in [1.29, 1.82) is 0 Å². The Balaban J connectivity index is 1.68. The number of hydrogen-bond donors (Lipinski definition) is 2. The second-order valence-corrected chi connectivity index (χ2v) is 8.61. The summed E-state index contributed by atoms with van der Waals surface area (Å²) in [5.74, 6) is -3.28. The fourth-order valence-corrected chi connectivity index (χ4v) is 3.70. The van der Waals surface area contributed by atoms with Gasteiger partial charge in [0.05, 0.1) is 5.92 Å². The van der Waals surface area contributed by atoms with Crippen molar-refractivity contribution in [2.24, 2.45) is 5.92 Å². The van der Waals surface area contributed by atoms with E-state index in [4.69, 9.17) is 9.47 Å². The number of nitrogens with one attached hydrogen (secondary N) is 1. The number of fused-ring (bicyclic) bond motifs is 3. The lowest BCUT2D eigenvalue weighted by molar-refractivity contribution is -0.163. The van der Waals surface area contributed by atoms with E-state index in [9.17, 15) is 19.5 Å². The summed E-state index contributed by atoms with van der Waals surface area (Å²) < 4.78 is 10.6. The van der Waals surface area contributed by atoms with Gasteiger partial charge in [0.1, 0.15) is 18.2 Å². The molecule has 1 aliphatic rings. The largest absolute Gasteiger partial charge is 0.480 e. The molecule has 0 aliphatic heterocycles. The fourth-order valence-electron chi connectivity index (χ4n) is 3.70. The van der Waals surface area contributed by atoms with E-state index >= 15 is 0 Å². The Morgan fingerprint density at radius 1 is 1.00 bits per heavy atom. The number of amides is 1. The maximum absolute atomic E-state index is 12.4. The van der Waals surface area contributed by atoms with Gasteiger partial charge in [-0.3, -0.25) is 4.79 Å². The SMILES string of the molecule is C[C@H](C(=O)OC(C)(C)C)[C@H](NC(=O)OCC1c2ccccc2-c2ccccc21)C(=O)O. The standard InChI is InChI=1S/C24H27NO6/c1-14(22(28)31-24(2,3)4)20(21(26)27)25-23(29)30-13-19-17-11-7-5-9-15(17)16-10-6-8-12-18(16)19/h5-12,14,19-20H,13H2,1-4H3,(H,25,29)(H,26,27)/t14-,20-/m0/s1. The zero-order valence-electron chi connectivity index (χ0n) is 18.0. The summed E-state index contributed by atoms with van der Waals surface area (Å²) in [7, 11) is 0. The molecule has 1 amide bonds. The van der Waals surface area contributed by atoms with Crippen molar-refractivity contribution in [1.82, 2.24) is 5.32 Å². The van der Waals surface area contributed by atoms with Crippen molar-refractivity contribution in [3.05, 3.63) is 59.7 Å². The van der Waals surface area contributed by atoms with Gasteiger partial charge in [0.2, 0.25) is 0 Å². The van der Waals surface area contributed by atoms with Crippen LogP contribution in [-0.4, -0.2) is 41.4 Å². The summed E-state index contributed by atoms with van der Waals surface area (Å²) in [6.07, 6.45) is -0.898. The van der Waals surface area contributed by atoms with Crippen LogP contribution in [0.4, 0.5) is 4.79 Å². The molecule has 2 atom stereocenters. The van der Waals surface area contributed by atoms with Gasteiger partial charge in [0.25, 0.3) is 0 Å². The molecule has 0 saturated carbocycles. The predicted molar refractivity (Wildman–Crippen MR) is 115 cm³/mol. The Labute approximate surface area is 181 Å². The van der Waals surface area contributed by atoms with Crippen LogP contribution in [-0.2, 0) is 19.1 Å². The van der Waals surface area contributed by atoms with Gasteiger partial charge in [-0.15, -0.1) is 0 Å². The minimum absolute atomic E-state index is 0.0486. The van der Waals surface area contributed by atoms with E-state index in [-0.39, 0.29) is 12.5 Å². The minimum atomic E-state index is -1.47. The fraction of sp³-hybridized carbons (Fsp3) is 0.375. The molecule has 7 nitrogen and oxygen atoms in total. The Bertz CT molecular complexity index is 948. The van der Waals surface area contributed by atoms with Crippen LogP contribution in [0.15, 0.2) is 48.5 Å². The first-order valence-electron chi connectivity index (χ1n) is 10.2. The number of esters is 1. The maximum Gasteiger partial charge on any atom is 0.407 e. The monoisotopic (exact) mass is 425 g/mol. The minimum Gasteiger partial charge on any atom is -0.480 e. The zero-order valence-corrected chi connectivity index (χ0v) is 18.0. The summed E-state index contributed by atoms with van der Waals surface area (Å²) in [6, 6.07) is 14.3. The van der Waals surface area contributed by atoms with E-state index in [0.29, 0.717) is 0 Å². The molecule has 1 aliphatic carbocycles. The highest BCUT2D eigenvalue weighted by molar-refractivity contribution is 5.87. The van der Waals surface area contributed by atoms with Crippen LogP contribution in [0.2, 0.25) is 0 Å². The van der Waals surface area contributed by atoms with E-state index in [1.165, 1.54) is 6.92 Å². The highest BCUT2D eigenvalue weighted by Crippen LogP contribution is 2.44. The first-order chi connectivity index (χ1) is 14.6. The van der Waals surface area contributed by atoms with E-state index in [1.54, 1.807) is 20.8 Å². The van der Waals surface area contributed by atoms with Gasteiger partial charge in [-0.2, -0.15) is 0 Å². The van der Waals surface area contributed by atoms with Gasteiger partial charge >= 0.3 is 18.0 Å². The van der Waals surface area contributed by atoms with E-state index in [2.05, 4.69) is 5.32 Å². The van der Waals surface area contributed by atoms with Crippen molar-refractivity contribution in [2.75, 3.05) is 6.61 Å². The number of hydrogen-bond acceptors (Lipinski definition) is 5. The van der Waals surface area contributed by atoms with Crippen LogP contribution >= 0.6 is 0 Å². The van der Waals surface area contributed by atoms with Crippen LogP contribution < -0.4 is 5.32 Å². The molecular weight excluding hydrogens is 398 g/mol. The van der Waals surface area contributed by atoms with Crippen LogP contribution in [0.3, 0.4) is 0 Å². The number of carboxylic acids is 1. The summed E-state index contributed by atoms with van der Waals surface area (Å²) in [4.78, 5) is 36.3. The molecule has 0 spiro atoms. The van der Waals surface area contributed by atoms with Crippen molar-refractivity contribution >= 4 is 18.0 Å². The molecule has 7 heteroatoms. The maximum atomic E-state index is 12.4. The first kappa shape index (κ1) is 22.3. The first-order valence-corrected chi connectivity index (χ1v) is 10.2. The zero-order chi connectivity index (χ0) is 22.8. The Morgan fingerprint density at radius 3 is 2.00 bits per heavy atom. The third-order valence-electron chi connectivity index (χ3n) is 5.16. The Hall–Kier alpha value is -3.35. The van der Waals surface area contributed by atoms with Crippen LogP contribution in [0, 0.1) is 5.92 Å². The third-order valence-corrected chi connectivity index (χ3v) is 5.16. The van der Waals surface area contributed by atoms with Crippen LogP contribution in [0.5, 0.6) is 0 Å². The molecule has 0 unspecified atom stereocenters. The Morgan fingerprint density at radius 2 is 1.52 bits per heavy atom. The average molecular weight is 425 g/mol. The molecule has 0 bridgehead atoms. The second-order valence-electron chi connectivity index (χ2n) is 8.61.